The summed E-state index contributed by atoms with van der Waals surface area (Å²) in [5.74, 6) is -2.19. The number of carbonyl (C=O) groups excluding carboxylic acids is 1. The number of aliphatic hydroxyl groups is 2. The van der Waals surface area contributed by atoms with Gasteiger partial charge in [0.05, 0.1) is 12.7 Å². The smallest absolute Gasteiger partial charge is 0.431 e. The van der Waals surface area contributed by atoms with Crippen molar-refractivity contribution in [2.45, 2.75) is 24.1 Å². The zero-order valence-corrected chi connectivity index (χ0v) is 10.9. The van der Waals surface area contributed by atoms with E-state index in [0.29, 0.717) is 31.4 Å². The van der Waals surface area contributed by atoms with E-state index in [9.17, 15) is 41.4 Å². The van der Waals surface area contributed by atoms with Gasteiger partial charge in [0, 0.05) is 0 Å². The maximum Gasteiger partial charge on any atom is 0.431 e. The van der Waals surface area contributed by atoms with Gasteiger partial charge >= 0.3 is 18.3 Å². The molecule has 10 heteroatoms. The van der Waals surface area contributed by atoms with Crippen molar-refractivity contribution in [1.29, 1.82) is 0 Å². The van der Waals surface area contributed by atoms with E-state index in [-0.39, 0.29) is 0 Å². The van der Waals surface area contributed by atoms with Crippen LogP contribution < -0.4 is 0 Å². The zero-order chi connectivity index (χ0) is 17.3. The summed E-state index contributed by atoms with van der Waals surface area (Å²) in [5, 5.41) is 19.1. The number of carbonyl (C=O) groups is 1. The lowest BCUT2D eigenvalue weighted by Crippen LogP contribution is -2.57. The Morgan fingerprint density at radius 1 is 1.09 bits per heavy atom. The molecule has 22 heavy (non-hydrogen) atoms. The van der Waals surface area contributed by atoms with Gasteiger partial charge in [0.25, 0.3) is 5.60 Å². The highest BCUT2D eigenvalue weighted by Crippen LogP contribution is 2.41. The third kappa shape index (κ3) is 3.17. The van der Waals surface area contributed by atoms with Crippen LogP contribution in [0.5, 0.6) is 0 Å². The second-order valence-electron chi connectivity index (χ2n) is 4.28. The molecule has 0 aliphatic carbocycles. The molecule has 0 fully saturated rings. The molecule has 1 rings (SSSR count). The highest BCUT2D eigenvalue weighted by molar-refractivity contribution is 5.81. The highest BCUT2D eigenvalue weighted by Gasteiger charge is 2.65. The molecule has 0 heterocycles. The van der Waals surface area contributed by atoms with Gasteiger partial charge in [-0.2, -0.15) is 26.3 Å². The summed E-state index contributed by atoms with van der Waals surface area (Å²) in [6.07, 6.45) is -13.2. The number of hydrogen-bond donors (Lipinski definition) is 2. The minimum Gasteiger partial charge on any atom is -0.467 e. The molecule has 0 saturated heterocycles. The van der Waals surface area contributed by atoms with Crippen molar-refractivity contribution >= 4 is 5.97 Å². The SMILES string of the molecule is COC(=O)C(O)(C(O)c1ccc(C(F)(F)F)cc1)C(F)(F)F. The Bertz CT molecular complexity index is 536. The van der Waals surface area contributed by atoms with Gasteiger partial charge in [-0.05, 0) is 17.7 Å². The normalized spacial score (nSPS) is 16.8. The van der Waals surface area contributed by atoms with Crippen LogP contribution in [0, 0.1) is 0 Å². The summed E-state index contributed by atoms with van der Waals surface area (Å²) < 4.78 is 79.5. The highest BCUT2D eigenvalue weighted by atomic mass is 19.4. The first-order valence-electron chi connectivity index (χ1n) is 5.58. The lowest BCUT2D eigenvalue weighted by atomic mass is 9.90. The molecule has 2 unspecified atom stereocenters. The van der Waals surface area contributed by atoms with Crippen LogP contribution in [0.15, 0.2) is 24.3 Å². The van der Waals surface area contributed by atoms with Gasteiger partial charge in [-0.1, -0.05) is 12.1 Å². The summed E-state index contributed by atoms with van der Waals surface area (Å²) in [6, 6.07) is 1.86. The van der Waals surface area contributed by atoms with Crippen LogP contribution in [0.3, 0.4) is 0 Å². The van der Waals surface area contributed by atoms with Gasteiger partial charge < -0.3 is 14.9 Å². The molecule has 0 spiro atoms. The molecule has 1 aromatic carbocycles. The van der Waals surface area contributed by atoms with Gasteiger partial charge in [0.2, 0.25) is 0 Å². The Balaban J connectivity index is 3.26. The average Bonchev–Trinajstić information content (AvgIpc) is 2.42. The molecular formula is C12H10F6O4. The Kier molecular flexibility index (Phi) is 4.78. The summed E-state index contributed by atoms with van der Waals surface area (Å²) in [4.78, 5) is 11.2. The van der Waals surface area contributed by atoms with Crippen molar-refractivity contribution in [2.75, 3.05) is 7.11 Å². The second-order valence-corrected chi connectivity index (χ2v) is 4.28. The monoisotopic (exact) mass is 332 g/mol. The van der Waals surface area contributed by atoms with E-state index in [0.717, 1.165) is 0 Å². The molecule has 0 aliphatic rings. The zero-order valence-electron chi connectivity index (χ0n) is 10.9. The van der Waals surface area contributed by atoms with E-state index < -0.39 is 41.2 Å². The largest absolute Gasteiger partial charge is 0.467 e. The van der Waals surface area contributed by atoms with Crippen LogP contribution in [0.1, 0.15) is 17.2 Å². The lowest BCUT2D eigenvalue weighted by Gasteiger charge is -2.32. The third-order valence-corrected chi connectivity index (χ3v) is 2.88. The number of esters is 1. The van der Waals surface area contributed by atoms with Gasteiger partial charge in [0.1, 0.15) is 6.10 Å². The predicted octanol–water partition coefficient (Wildman–Crippen LogP) is 2.21. The second kappa shape index (κ2) is 5.76. The molecule has 0 amide bonds. The number of hydrogen-bond acceptors (Lipinski definition) is 4. The van der Waals surface area contributed by atoms with Gasteiger partial charge in [0.15, 0.2) is 0 Å². The molecule has 0 aliphatic heterocycles. The molecule has 0 radical (unpaired) electrons. The minimum atomic E-state index is -5.61. The lowest BCUT2D eigenvalue weighted by molar-refractivity contribution is -0.288. The van der Waals surface area contributed by atoms with Crippen molar-refractivity contribution in [3.63, 3.8) is 0 Å². The molecule has 0 aromatic heterocycles. The predicted molar refractivity (Wildman–Crippen MR) is 59.4 cm³/mol. The molecule has 0 saturated carbocycles. The van der Waals surface area contributed by atoms with Crippen molar-refractivity contribution < 1.29 is 46.1 Å². The van der Waals surface area contributed by atoms with Crippen LogP contribution >= 0.6 is 0 Å². The fraction of sp³-hybridized carbons (Fsp3) is 0.417. The molecule has 0 bridgehead atoms. The van der Waals surface area contributed by atoms with Crippen LogP contribution in [0.4, 0.5) is 26.3 Å². The van der Waals surface area contributed by atoms with E-state index in [2.05, 4.69) is 4.74 Å². The maximum absolute atomic E-state index is 12.9. The van der Waals surface area contributed by atoms with Crippen LogP contribution in [0.2, 0.25) is 0 Å². The number of methoxy groups -OCH3 is 1. The quantitative estimate of drug-likeness (QED) is 0.658. The fourth-order valence-electron chi connectivity index (χ4n) is 1.63. The van der Waals surface area contributed by atoms with Crippen molar-refractivity contribution in [3.8, 4) is 0 Å². The average molecular weight is 332 g/mol. The summed E-state index contributed by atoms with van der Waals surface area (Å²) in [6.45, 7) is 0. The molecule has 2 atom stereocenters. The molecular weight excluding hydrogens is 322 g/mol. The summed E-state index contributed by atoms with van der Waals surface area (Å²) in [7, 11) is 0.554. The number of benzene rings is 1. The molecule has 4 nitrogen and oxygen atoms in total. The minimum absolute atomic E-state index is 0.409. The number of alkyl halides is 6. The van der Waals surface area contributed by atoms with Crippen LogP contribution in [-0.2, 0) is 15.7 Å². The number of aliphatic hydroxyl groups excluding tert-OH is 1. The van der Waals surface area contributed by atoms with Gasteiger partial charge in [-0.25, -0.2) is 4.79 Å². The van der Waals surface area contributed by atoms with Crippen molar-refractivity contribution in [2.24, 2.45) is 0 Å². The first-order chi connectivity index (χ1) is 9.85. The molecule has 2 N–H and O–H groups in total. The topological polar surface area (TPSA) is 66.8 Å². The van der Waals surface area contributed by atoms with E-state index in [1.165, 1.54) is 0 Å². The van der Waals surface area contributed by atoms with E-state index in [1.807, 2.05) is 0 Å². The summed E-state index contributed by atoms with van der Waals surface area (Å²) >= 11 is 0. The van der Waals surface area contributed by atoms with Crippen LogP contribution in [-0.4, -0.2) is 35.1 Å². The number of ether oxygens (including phenoxy) is 1. The van der Waals surface area contributed by atoms with Gasteiger partial charge in [-0.3, -0.25) is 0 Å². The molecule has 1 aromatic rings. The fourth-order valence-corrected chi connectivity index (χ4v) is 1.63. The first kappa shape index (κ1) is 18.2. The number of halogens is 6. The van der Waals surface area contributed by atoms with E-state index in [4.69, 9.17) is 0 Å². The van der Waals surface area contributed by atoms with E-state index >= 15 is 0 Å². The summed E-state index contributed by atoms with van der Waals surface area (Å²) in [5.41, 5.74) is -6.21. The molecule has 124 valence electrons. The first-order valence-corrected chi connectivity index (χ1v) is 5.58. The Morgan fingerprint density at radius 3 is 1.86 bits per heavy atom. The van der Waals surface area contributed by atoms with Gasteiger partial charge in [-0.15, -0.1) is 0 Å². The maximum atomic E-state index is 12.9. The third-order valence-electron chi connectivity index (χ3n) is 2.88. The van der Waals surface area contributed by atoms with Crippen molar-refractivity contribution in [1.82, 2.24) is 0 Å². The standard InChI is InChI=1S/C12H10F6O4/c1-22-9(20)10(21,12(16,17)18)8(19)6-2-4-7(5-3-6)11(13,14)15/h2-5,8,19,21H,1H3. The Morgan fingerprint density at radius 2 is 1.55 bits per heavy atom. The Labute approximate surface area is 119 Å². The Hall–Kier alpha value is -1.81. The van der Waals surface area contributed by atoms with E-state index in [1.54, 1.807) is 0 Å². The van der Waals surface area contributed by atoms with Crippen molar-refractivity contribution in [3.05, 3.63) is 35.4 Å². The number of rotatable bonds is 3. The van der Waals surface area contributed by atoms with Crippen LogP contribution in [0.25, 0.3) is 0 Å².